The third kappa shape index (κ3) is 3.08. The van der Waals surface area contributed by atoms with E-state index >= 15 is 0 Å². The summed E-state index contributed by atoms with van der Waals surface area (Å²) in [6.07, 6.45) is 2.69. The lowest BCUT2D eigenvalue weighted by atomic mass is 9.78. The van der Waals surface area contributed by atoms with Gasteiger partial charge < -0.3 is 14.6 Å². The van der Waals surface area contributed by atoms with Crippen molar-refractivity contribution < 1.29 is 24.2 Å². The minimum absolute atomic E-state index is 0.247. The second-order valence-corrected chi connectivity index (χ2v) is 9.12. The van der Waals surface area contributed by atoms with Gasteiger partial charge in [-0.25, -0.2) is 0 Å². The predicted molar refractivity (Wildman–Crippen MR) is 134 cm³/mol. The fourth-order valence-corrected chi connectivity index (χ4v) is 6.07. The van der Waals surface area contributed by atoms with Crippen molar-refractivity contribution in [1.29, 1.82) is 0 Å². The van der Waals surface area contributed by atoms with E-state index in [4.69, 9.17) is 4.42 Å². The number of fused-ring (bicyclic) bond motifs is 3. The van der Waals surface area contributed by atoms with Crippen molar-refractivity contribution in [3.63, 3.8) is 0 Å². The fourth-order valence-electron chi connectivity index (χ4n) is 6.07. The van der Waals surface area contributed by atoms with Crippen molar-refractivity contribution >= 4 is 17.5 Å². The predicted octanol–water partition coefficient (Wildman–Crippen LogP) is 5.25. The summed E-state index contributed by atoms with van der Waals surface area (Å²) in [5.74, 6) is -2.15. The molecule has 6 heteroatoms. The van der Waals surface area contributed by atoms with Gasteiger partial charge in [-0.1, -0.05) is 78.9 Å². The van der Waals surface area contributed by atoms with Gasteiger partial charge in [0.05, 0.1) is 24.5 Å². The Bertz CT molecular complexity index is 1460. The van der Waals surface area contributed by atoms with E-state index in [0.717, 1.165) is 27.8 Å². The zero-order chi connectivity index (χ0) is 24.9. The Balaban J connectivity index is 1.68. The Morgan fingerprint density at radius 3 is 2.03 bits per heavy atom. The standard InChI is InChI=1S/C30H23NO5/c32-27(33)16-23-24(19-14-15-36-18-19)17-31(28(23)29(34)35)30(20-8-2-1-3-9-20)25-12-6-4-10-21(25)22-11-5-7-13-26(22)30/h1-15,18,28H,16-17H2,(H,32,33)(H,34,35)/t28-/m0/s1. The molecule has 0 spiro atoms. The maximum Gasteiger partial charge on any atom is 0.325 e. The van der Waals surface area contributed by atoms with E-state index in [9.17, 15) is 19.8 Å². The Kier molecular flexibility index (Phi) is 5.12. The molecule has 1 aromatic heterocycles. The maximum atomic E-state index is 13.0. The molecule has 1 aliphatic heterocycles. The molecular weight excluding hydrogens is 454 g/mol. The molecule has 0 amide bonds. The van der Waals surface area contributed by atoms with E-state index in [1.807, 2.05) is 71.6 Å². The fraction of sp³-hybridized carbons (Fsp3) is 0.133. The molecule has 0 bridgehead atoms. The van der Waals surface area contributed by atoms with Crippen LogP contribution in [0.1, 0.15) is 28.7 Å². The van der Waals surface area contributed by atoms with E-state index in [1.165, 1.54) is 6.26 Å². The lowest BCUT2D eigenvalue weighted by Crippen LogP contribution is -2.53. The average molecular weight is 478 g/mol. The van der Waals surface area contributed by atoms with Crippen LogP contribution in [0.15, 0.2) is 107 Å². The Hall–Kier alpha value is -4.42. The first-order valence-corrected chi connectivity index (χ1v) is 11.7. The summed E-state index contributed by atoms with van der Waals surface area (Å²) in [5, 5.41) is 20.4. The monoisotopic (exact) mass is 477 g/mol. The van der Waals surface area contributed by atoms with E-state index in [0.29, 0.717) is 16.7 Å². The van der Waals surface area contributed by atoms with Crippen LogP contribution >= 0.6 is 0 Å². The largest absolute Gasteiger partial charge is 0.481 e. The first kappa shape index (κ1) is 22.1. The van der Waals surface area contributed by atoms with Crippen LogP contribution in [0.25, 0.3) is 16.7 Å². The normalized spacial score (nSPS) is 18.2. The lowest BCUT2D eigenvalue weighted by Gasteiger charge is -2.44. The molecule has 2 N–H and O–H groups in total. The third-order valence-corrected chi connectivity index (χ3v) is 7.35. The van der Waals surface area contributed by atoms with Gasteiger partial charge >= 0.3 is 11.9 Å². The van der Waals surface area contributed by atoms with Crippen LogP contribution in [-0.4, -0.2) is 39.6 Å². The van der Waals surface area contributed by atoms with Crippen molar-refractivity contribution in [3.8, 4) is 11.1 Å². The van der Waals surface area contributed by atoms with Gasteiger partial charge in [0, 0.05) is 12.1 Å². The number of nitrogens with zero attached hydrogens (tertiary/aromatic N) is 1. The number of hydrogen-bond donors (Lipinski definition) is 2. The molecule has 4 aromatic rings. The van der Waals surface area contributed by atoms with Crippen molar-refractivity contribution in [2.45, 2.75) is 18.0 Å². The third-order valence-electron chi connectivity index (χ3n) is 7.35. The van der Waals surface area contributed by atoms with Gasteiger partial charge in [-0.2, -0.15) is 0 Å². The highest BCUT2D eigenvalue weighted by Gasteiger charge is 2.55. The van der Waals surface area contributed by atoms with Gasteiger partial charge in [0.25, 0.3) is 0 Å². The van der Waals surface area contributed by atoms with E-state index < -0.39 is 23.5 Å². The number of hydrogen-bond acceptors (Lipinski definition) is 4. The van der Waals surface area contributed by atoms with E-state index in [2.05, 4.69) is 12.1 Å². The summed E-state index contributed by atoms with van der Waals surface area (Å²) >= 11 is 0. The number of carboxylic acids is 2. The van der Waals surface area contributed by atoms with Crippen LogP contribution in [-0.2, 0) is 15.1 Å². The molecule has 0 radical (unpaired) electrons. The van der Waals surface area contributed by atoms with Crippen LogP contribution in [0, 0.1) is 0 Å². The smallest absolute Gasteiger partial charge is 0.325 e. The Labute approximate surface area is 207 Å². The van der Waals surface area contributed by atoms with Crippen molar-refractivity contribution in [3.05, 3.63) is 125 Å². The summed E-state index contributed by atoms with van der Waals surface area (Å²) in [6, 6.07) is 26.6. The van der Waals surface area contributed by atoms with Crippen LogP contribution in [0.2, 0.25) is 0 Å². The van der Waals surface area contributed by atoms with Gasteiger partial charge in [0.1, 0.15) is 6.04 Å². The molecule has 6 rings (SSSR count). The van der Waals surface area contributed by atoms with Crippen LogP contribution in [0.4, 0.5) is 0 Å². The molecule has 1 atom stereocenters. The number of rotatable bonds is 6. The molecule has 2 heterocycles. The summed E-state index contributed by atoms with van der Waals surface area (Å²) < 4.78 is 5.31. The van der Waals surface area contributed by atoms with E-state index in [-0.39, 0.29) is 13.0 Å². The van der Waals surface area contributed by atoms with E-state index in [1.54, 1.807) is 12.3 Å². The quantitative estimate of drug-likeness (QED) is 0.394. The molecule has 6 nitrogen and oxygen atoms in total. The second-order valence-electron chi connectivity index (χ2n) is 9.12. The molecule has 1 aliphatic carbocycles. The van der Waals surface area contributed by atoms with Crippen LogP contribution in [0.5, 0.6) is 0 Å². The molecular formula is C30H23NO5. The molecule has 0 fully saturated rings. The molecule has 3 aromatic carbocycles. The summed E-state index contributed by atoms with van der Waals surface area (Å²) in [6.45, 7) is 0.247. The van der Waals surface area contributed by atoms with Crippen LogP contribution in [0.3, 0.4) is 0 Å². The summed E-state index contributed by atoms with van der Waals surface area (Å²) in [5.41, 5.74) is 5.77. The minimum Gasteiger partial charge on any atom is -0.481 e. The average Bonchev–Trinajstić information content (AvgIpc) is 3.60. The lowest BCUT2D eigenvalue weighted by molar-refractivity contribution is -0.142. The number of benzene rings is 3. The molecule has 2 aliphatic rings. The topological polar surface area (TPSA) is 91.0 Å². The van der Waals surface area contributed by atoms with Gasteiger partial charge in [-0.15, -0.1) is 0 Å². The molecule has 178 valence electrons. The van der Waals surface area contributed by atoms with Crippen LogP contribution < -0.4 is 0 Å². The van der Waals surface area contributed by atoms with Crippen molar-refractivity contribution in [2.75, 3.05) is 6.54 Å². The highest BCUT2D eigenvalue weighted by atomic mass is 16.4. The first-order chi connectivity index (χ1) is 17.5. The molecule has 0 saturated heterocycles. The number of carboxylic acid groups (broad SMARTS) is 2. The highest BCUT2D eigenvalue weighted by molar-refractivity contribution is 5.92. The maximum absolute atomic E-state index is 13.0. The summed E-state index contributed by atoms with van der Waals surface area (Å²) in [7, 11) is 0. The number of aliphatic carboxylic acids is 2. The zero-order valence-electron chi connectivity index (χ0n) is 19.3. The Morgan fingerprint density at radius 1 is 0.861 bits per heavy atom. The van der Waals surface area contributed by atoms with Crippen molar-refractivity contribution in [2.24, 2.45) is 0 Å². The second kappa shape index (κ2) is 8.36. The number of carbonyl (C=O) groups is 2. The Morgan fingerprint density at radius 2 is 1.47 bits per heavy atom. The first-order valence-electron chi connectivity index (χ1n) is 11.7. The number of furan rings is 1. The van der Waals surface area contributed by atoms with Gasteiger partial charge in [-0.05, 0) is 45.0 Å². The van der Waals surface area contributed by atoms with Gasteiger partial charge in [0.2, 0.25) is 0 Å². The highest BCUT2D eigenvalue weighted by Crippen LogP contribution is 2.57. The van der Waals surface area contributed by atoms with Crippen molar-refractivity contribution in [1.82, 2.24) is 4.90 Å². The molecule has 36 heavy (non-hydrogen) atoms. The van der Waals surface area contributed by atoms with Gasteiger partial charge in [-0.3, -0.25) is 14.5 Å². The SMILES string of the molecule is O=C(O)CC1=C(c2ccoc2)CN(C2(c3ccccc3)c3ccccc3-c3ccccc32)[C@@H]1C(=O)O. The molecule has 0 saturated carbocycles. The van der Waals surface area contributed by atoms with Gasteiger partial charge in [0.15, 0.2) is 0 Å². The minimum atomic E-state index is -1.15. The zero-order valence-corrected chi connectivity index (χ0v) is 19.3. The summed E-state index contributed by atoms with van der Waals surface area (Å²) in [4.78, 5) is 26.9. The molecule has 0 unspecified atom stereocenters.